The number of fused-ring (bicyclic) bond motifs is 7. The summed E-state index contributed by atoms with van der Waals surface area (Å²) in [6.45, 7) is 28.4. The minimum absolute atomic E-state index is 0.0560. The summed E-state index contributed by atoms with van der Waals surface area (Å²) in [5.74, 6) is 1.06. The molecule has 0 aromatic carbocycles. The summed E-state index contributed by atoms with van der Waals surface area (Å²) < 4.78 is 0. The molecular weight excluding hydrogens is 442 g/mol. The summed E-state index contributed by atoms with van der Waals surface area (Å²) in [6.07, 6.45) is 9.87. The number of ketones is 2. The van der Waals surface area contributed by atoms with Gasteiger partial charge in [0, 0.05) is 11.3 Å². The molecule has 5 aliphatic rings. The smallest absolute Gasteiger partial charge is 0.165 e. The molecule has 196 valence electrons. The van der Waals surface area contributed by atoms with E-state index in [0.29, 0.717) is 11.7 Å². The van der Waals surface area contributed by atoms with E-state index in [0.717, 1.165) is 57.1 Å². The normalized spacial score (nSPS) is 46.9. The highest BCUT2D eigenvalue weighted by atomic mass is 16.1. The molecule has 0 N–H and O–H groups in total. The molecule has 2 unspecified atom stereocenters. The first-order valence-corrected chi connectivity index (χ1v) is 14.4. The number of carbonyl (C=O) groups excluding carboxylic acids is 2. The van der Waals surface area contributed by atoms with Gasteiger partial charge in [-0.3, -0.25) is 9.59 Å². The molecular formula is C33H47NO2. The maximum absolute atomic E-state index is 14.4. The Hall–Kier alpha value is -1.69. The Kier molecular flexibility index (Phi) is 5.37. The molecule has 0 aromatic heterocycles. The van der Waals surface area contributed by atoms with Crippen molar-refractivity contribution >= 4 is 11.6 Å². The second-order valence-electron chi connectivity index (χ2n) is 15.5. The lowest BCUT2D eigenvalue weighted by molar-refractivity contribution is -0.177. The second-order valence-corrected chi connectivity index (χ2v) is 15.5. The fourth-order valence-corrected chi connectivity index (χ4v) is 10.7. The minimum Gasteiger partial charge on any atom is -0.299 e. The lowest BCUT2D eigenvalue weighted by atomic mass is 9.33. The summed E-state index contributed by atoms with van der Waals surface area (Å²) in [4.78, 5) is 31.7. The van der Waals surface area contributed by atoms with Crippen molar-refractivity contribution in [3.8, 4) is 0 Å². The van der Waals surface area contributed by atoms with Crippen LogP contribution in [0.3, 0.4) is 0 Å². The van der Waals surface area contributed by atoms with E-state index in [1.807, 2.05) is 0 Å². The molecule has 0 saturated heterocycles. The molecule has 3 heteroatoms. The van der Waals surface area contributed by atoms with Crippen LogP contribution in [0.25, 0.3) is 4.85 Å². The largest absolute Gasteiger partial charge is 0.299 e. The van der Waals surface area contributed by atoms with Gasteiger partial charge in [0.2, 0.25) is 0 Å². The average Bonchev–Trinajstić information content (AvgIpc) is 2.77. The number of nitrogens with zero attached hydrogens (tertiary/aromatic N) is 1. The molecule has 0 amide bonds. The van der Waals surface area contributed by atoms with E-state index in [-0.39, 0.29) is 50.1 Å². The highest BCUT2D eigenvalue weighted by Gasteiger charge is 2.70. The molecule has 0 aromatic rings. The van der Waals surface area contributed by atoms with Crippen LogP contribution in [0, 0.1) is 56.8 Å². The third kappa shape index (κ3) is 2.97. The van der Waals surface area contributed by atoms with Crippen LogP contribution >= 0.6 is 0 Å². The zero-order chi connectivity index (χ0) is 26.7. The number of hydrogen-bond acceptors (Lipinski definition) is 2. The quantitative estimate of drug-likeness (QED) is 0.347. The fraction of sp³-hybridized carbons (Fsp3) is 0.788. The van der Waals surface area contributed by atoms with Crippen molar-refractivity contribution in [2.24, 2.45) is 50.2 Å². The van der Waals surface area contributed by atoms with Gasteiger partial charge in [-0.25, -0.2) is 4.85 Å². The van der Waals surface area contributed by atoms with Crippen LogP contribution in [-0.4, -0.2) is 11.6 Å². The van der Waals surface area contributed by atoms with E-state index in [4.69, 9.17) is 6.57 Å². The monoisotopic (exact) mass is 489 g/mol. The van der Waals surface area contributed by atoms with E-state index in [1.165, 1.54) is 11.1 Å². The molecule has 7 atom stereocenters. The first kappa shape index (κ1) is 25.9. The third-order valence-corrected chi connectivity index (χ3v) is 13.3. The van der Waals surface area contributed by atoms with Crippen molar-refractivity contribution in [3.63, 3.8) is 0 Å². The van der Waals surface area contributed by atoms with Crippen molar-refractivity contribution in [2.45, 2.75) is 114 Å². The average molecular weight is 490 g/mol. The first-order chi connectivity index (χ1) is 16.5. The predicted molar refractivity (Wildman–Crippen MR) is 145 cm³/mol. The summed E-state index contributed by atoms with van der Waals surface area (Å²) in [5.41, 5.74) is 2.81. The molecule has 0 aliphatic heterocycles. The van der Waals surface area contributed by atoms with Gasteiger partial charge in [-0.15, -0.1) is 0 Å². The van der Waals surface area contributed by atoms with Gasteiger partial charge in [0.1, 0.15) is 5.78 Å². The molecule has 5 aliphatic carbocycles. The van der Waals surface area contributed by atoms with Crippen molar-refractivity contribution in [3.05, 3.63) is 34.3 Å². The molecule has 5 rings (SSSR count). The Labute approximate surface area is 219 Å². The standard InChI is InChI=1S/C33H47NO2/c1-20-23(34-10)19-30(7)25(29(20,5)6)11-12-31(8)26(30)17-24(36)27-22-18-28(3,4)13-15-33(22,21(2)35)16-14-32(27,31)9/h17,22,25,27H,11-16,18-19H2,1-9H3/t22?,25-,27?,30-,31+,32+,33+/m0/s1. The van der Waals surface area contributed by atoms with Crippen LogP contribution in [-0.2, 0) is 9.59 Å². The molecule has 0 radical (unpaired) electrons. The van der Waals surface area contributed by atoms with Crippen LogP contribution in [0.5, 0.6) is 0 Å². The Morgan fingerprint density at radius 3 is 2.25 bits per heavy atom. The lowest BCUT2D eigenvalue weighted by Gasteiger charge is -2.69. The van der Waals surface area contributed by atoms with E-state index < -0.39 is 0 Å². The van der Waals surface area contributed by atoms with Gasteiger partial charge in [-0.05, 0) is 103 Å². The zero-order valence-corrected chi connectivity index (χ0v) is 24.2. The van der Waals surface area contributed by atoms with Gasteiger partial charge in [0.25, 0.3) is 0 Å². The Balaban J connectivity index is 1.69. The SMILES string of the molecule is [C-]#[N+]C1=C(C)C(C)(C)[C@@H]2CC[C@]3(C)C(=CC(=O)C4C5CC(C)(C)CC[C@]5(C(C)=O)CC[C@]43C)[C@@]2(C)C1. The molecule has 3 fully saturated rings. The Bertz CT molecular complexity index is 1150. The van der Waals surface area contributed by atoms with Crippen LogP contribution < -0.4 is 0 Å². The fourth-order valence-electron chi connectivity index (χ4n) is 10.7. The van der Waals surface area contributed by atoms with Crippen molar-refractivity contribution in [2.75, 3.05) is 0 Å². The molecule has 0 spiro atoms. The highest BCUT2D eigenvalue weighted by Crippen LogP contribution is 2.75. The molecule has 3 saturated carbocycles. The van der Waals surface area contributed by atoms with E-state index in [2.05, 4.69) is 66.3 Å². The second kappa shape index (κ2) is 7.45. The van der Waals surface area contributed by atoms with Crippen molar-refractivity contribution in [1.82, 2.24) is 0 Å². The third-order valence-electron chi connectivity index (χ3n) is 13.3. The first-order valence-electron chi connectivity index (χ1n) is 14.4. The maximum atomic E-state index is 14.4. The van der Waals surface area contributed by atoms with Gasteiger partial charge in [-0.1, -0.05) is 66.5 Å². The number of carbonyl (C=O) groups is 2. The Morgan fingerprint density at radius 2 is 1.64 bits per heavy atom. The lowest BCUT2D eigenvalue weighted by Crippen LogP contribution is -2.65. The summed E-state index contributed by atoms with van der Waals surface area (Å²) in [6, 6.07) is 0. The summed E-state index contributed by atoms with van der Waals surface area (Å²) >= 11 is 0. The number of Topliss-reactive ketones (excluding diaryl/α,β-unsaturated/α-hetero) is 1. The van der Waals surface area contributed by atoms with Gasteiger partial charge < -0.3 is 0 Å². The number of rotatable bonds is 1. The van der Waals surface area contributed by atoms with Crippen molar-refractivity contribution < 1.29 is 9.59 Å². The summed E-state index contributed by atoms with van der Waals surface area (Å²) in [7, 11) is 0. The molecule has 36 heavy (non-hydrogen) atoms. The van der Waals surface area contributed by atoms with Crippen LogP contribution in [0.1, 0.15) is 114 Å². The molecule has 3 nitrogen and oxygen atoms in total. The van der Waals surface area contributed by atoms with E-state index in [9.17, 15) is 9.59 Å². The number of allylic oxidation sites excluding steroid dienone is 4. The Morgan fingerprint density at radius 1 is 1.00 bits per heavy atom. The van der Waals surface area contributed by atoms with Gasteiger partial charge in [0.15, 0.2) is 11.5 Å². The van der Waals surface area contributed by atoms with E-state index in [1.54, 1.807) is 6.92 Å². The van der Waals surface area contributed by atoms with Crippen LogP contribution in [0.4, 0.5) is 0 Å². The van der Waals surface area contributed by atoms with Gasteiger partial charge >= 0.3 is 0 Å². The number of hydrogen-bond donors (Lipinski definition) is 0. The van der Waals surface area contributed by atoms with E-state index >= 15 is 0 Å². The topological polar surface area (TPSA) is 38.5 Å². The van der Waals surface area contributed by atoms with Crippen LogP contribution in [0.15, 0.2) is 22.9 Å². The van der Waals surface area contributed by atoms with Gasteiger partial charge in [-0.2, -0.15) is 0 Å². The maximum Gasteiger partial charge on any atom is 0.165 e. The van der Waals surface area contributed by atoms with Crippen LogP contribution in [0.2, 0.25) is 0 Å². The molecule has 0 bridgehead atoms. The van der Waals surface area contributed by atoms with Gasteiger partial charge in [0.05, 0.1) is 6.57 Å². The molecule has 0 heterocycles. The summed E-state index contributed by atoms with van der Waals surface area (Å²) in [5, 5.41) is 0. The minimum atomic E-state index is -0.331. The van der Waals surface area contributed by atoms with Crippen molar-refractivity contribution in [1.29, 1.82) is 0 Å². The predicted octanol–water partition coefficient (Wildman–Crippen LogP) is 8.36. The zero-order valence-electron chi connectivity index (χ0n) is 24.2. The highest BCUT2D eigenvalue weighted by molar-refractivity contribution is 5.96.